The van der Waals surface area contributed by atoms with Crippen LogP contribution < -0.4 is 0 Å². The van der Waals surface area contributed by atoms with Crippen LogP contribution in [0.1, 0.15) is 5.56 Å². The minimum atomic E-state index is 0.779. The van der Waals surface area contributed by atoms with Crippen molar-refractivity contribution >= 4 is 29.0 Å². The molecule has 2 heteroatoms. The maximum atomic E-state index is 6.16. The van der Waals surface area contributed by atoms with E-state index in [4.69, 9.17) is 11.6 Å². The predicted octanol–water partition coefficient (Wildman–Crippen LogP) is 4.71. The molecule has 0 bridgehead atoms. The highest BCUT2D eigenvalue weighted by atomic mass is 35.5. The summed E-state index contributed by atoms with van der Waals surface area (Å²) in [5.41, 5.74) is 3.32. The van der Waals surface area contributed by atoms with Gasteiger partial charge in [0.05, 0.1) is 0 Å². The zero-order valence-electron chi connectivity index (χ0n) is 7.53. The average Bonchev–Trinajstić information content (AvgIpc) is 2.70. The molecule has 0 aliphatic carbocycles. The van der Waals surface area contributed by atoms with Gasteiger partial charge in [0.1, 0.15) is 0 Å². The Morgan fingerprint density at radius 1 is 1.29 bits per heavy atom. The molecule has 0 fully saturated rings. The number of rotatable bonds is 2. The van der Waals surface area contributed by atoms with E-state index in [9.17, 15) is 0 Å². The van der Waals surface area contributed by atoms with E-state index in [0.29, 0.717) is 0 Å². The molecule has 0 radical (unpaired) electrons. The third kappa shape index (κ3) is 1.61. The first kappa shape index (κ1) is 9.50. The van der Waals surface area contributed by atoms with Crippen LogP contribution >= 0.6 is 22.9 Å². The molecule has 1 aromatic heterocycles. The maximum Gasteiger partial charge on any atom is 0.0490 e. The minimum absolute atomic E-state index is 0.779. The second-order valence-electron chi connectivity index (χ2n) is 2.92. The van der Waals surface area contributed by atoms with Crippen LogP contribution in [-0.2, 0) is 0 Å². The lowest BCUT2D eigenvalue weighted by Gasteiger charge is -2.05. The Balaban J connectivity index is 2.67. The van der Waals surface area contributed by atoms with Crippen molar-refractivity contribution in [3.05, 3.63) is 52.2 Å². The first-order valence-electron chi connectivity index (χ1n) is 4.26. The molecule has 0 saturated carbocycles. The summed E-state index contributed by atoms with van der Waals surface area (Å²) in [6.07, 6.45) is 1.83. The summed E-state index contributed by atoms with van der Waals surface area (Å²) in [4.78, 5) is 0. The largest absolute Gasteiger partial charge is 0.152 e. The normalized spacial score (nSPS) is 10.1. The lowest BCUT2D eigenvalue weighted by Crippen LogP contribution is -1.81. The van der Waals surface area contributed by atoms with Gasteiger partial charge < -0.3 is 0 Å². The van der Waals surface area contributed by atoms with Gasteiger partial charge in [-0.05, 0) is 34.0 Å². The standard InChI is InChI=1S/C12H9ClS/c1-2-9-4-3-5-11(13)12(9)10-6-7-14-8-10/h2-8H,1H2. The molecule has 0 amide bonds. The molecule has 14 heavy (non-hydrogen) atoms. The summed E-state index contributed by atoms with van der Waals surface area (Å²) in [5, 5.41) is 4.92. The highest BCUT2D eigenvalue weighted by Gasteiger charge is 2.06. The topological polar surface area (TPSA) is 0 Å². The van der Waals surface area contributed by atoms with Crippen molar-refractivity contribution in [2.45, 2.75) is 0 Å². The summed E-state index contributed by atoms with van der Waals surface area (Å²) >= 11 is 7.83. The van der Waals surface area contributed by atoms with Crippen molar-refractivity contribution in [3.63, 3.8) is 0 Å². The SMILES string of the molecule is C=Cc1cccc(Cl)c1-c1ccsc1. The molecule has 0 atom stereocenters. The Hall–Kier alpha value is -1.05. The van der Waals surface area contributed by atoms with Crippen LogP contribution in [-0.4, -0.2) is 0 Å². The van der Waals surface area contributed by atoms with Gasteiger partial charge >= 0.3 is 0 Å². The molecule has 0 aliphatic rings. The second-order valence-corrected chi connectivity index (χ2v) is 4.11. The molecule has 0 unspecified atom stereocenters. The van der Waals surface area contributed by atoms with Crippen LogP contribution in [0.25, 0.3) is 17.2 Å². The zero-order chi connectivity index (χ0) is 9.97. The van der Waals surface area contributed by atoms with Crippen LogP contribution in [0.4, 0.5) is 0 Å². The molecule has 0 N–H and O–H groups in total. The fourth-order valence-electron chi connectivity index (χ4n) is 1.42. The van der Waals surface area contributed by atoms with Crippen LogP contribution in [0.15, 0.2) is 41.6 Å². The Morgan fingerprint density at radius 3 is 2.79 bits per heavy atom. The smallest absolute Gasteiger partial charge is 0.0490 e. The Kier molecular flexibility index (Phi) is 2.71. The molecule has 0 saturated heterocycles. The van der Waals surface area contributed by atoms with Crippen molar-refractivity contribution < 1.29 is 0 Å². The van der Waals surface area contributed by atoms with Crippen LogP contribution in [0.3, 0.4) is 0 Å². The summed E-state index contributed by atoms with van der Waals surface area (Å²) in [7, 11) is 0. The second kappa shape index (κ2) is 3.99. The van der Waals surface area contributed by atoms with E-state index in [1.54, 1.807) is 11.3 Å². The molecular formula is C12H9ClS. The highest BCUT2D eigenvalue weighted by Crippen LogP contribution is 2.33. The van der Waals surface area contributed by atoms with Crippen molar-refractivity contribution in [2.75, 3.05) is 0 Å². The van der Waals surface area contributed by atoms with Crippen LogP contribution in [0, 0.1) is 0 Å². The van der Waals surface area contributed by atoms with Gasteiger partial charge in [0.15, 0.2) is 0 Å². The summed E-state index contributed by atoms with van der Waals surface area (Å²) < 4.78 is 0. The summed E-state index contributed by atoms with van der Waals surface area (Å²) in [6, 6.07) is 7.93. The van der Waals surface area contributed by atoms with E-state index in [0.717, 1.165) is 21.7 Å². The van der Waals surface area contributed by atoms with Gasteiger partial charge in [-0.3, -0.25) is 0 Å². The number of halogens is 1. The lowest BCUT2D eigenvalue weighted by atomic mass is 10.0. The monoisotopic (exact) mass is 220 g/mol. The van der Waals surface area contributed by atoms with Crippen LogP contribution in [0.2, 0.25) is 5.02 Å². The third-order valence-electron chi connectivity index (χ3n) is 2.08. The van der Waals surface area contributed by atoms with Crippen molar-refractivity contribution in [1.82, 2.24) is 0 Å². The molecular weight excluding hydrogens is 212 g/mol. The number of hydrogen-bond donors (Lipinski definition) is 0. The van der Waals surface area contributed by atoms with Crippen molar-refractivity contribution in [3.8, 4) is 11.1 Å². The fourth-order valence-corrected chi connectivity index (χ4v) is 2.36. The zero-order valence-corrected chi connectivity index (χ0v) is 9.11. The first-order chi connectivity index (χ1) is 6.83. The molecule has 0 nitrogen and oxygen atoms in total. The number of benzene rings is 1. The Labute approximate surface area is 92.5 Å². The van der Waals surface area contributed by atoms with Crippen molar-refractivity contribution in [2.24, 2.45) is 0 Å². The molecule has 1 aromatic carbocycles. The summed E-state index contributed by atoms with van der Waals surface area (Å²) in [5.74, 6) is 0. The number of hydrogen-bond acceptors (Lipinski definition) is 1. The Morgan fingerprint density at radius 2 is 2.14 bits per heavy atom. The van der Waals surface area contributed by atoms with E-state index in [1.165, 1.54) is 0 Å². The number of thiophene rings is 1. The lowest BCUT2D eigenvalue weighted by molar-refractivity contribution is 1.63. The summed E-state index contributed by atoms with van der Waals surface area (Å²) in [6.45, 7) is 3.79. The van der Waals surface area contributed by atoms with Gasteiger partial charge in [-0.15, -0.1) is 0 Å². The molecule has 2 rings (SSSR count). The van der Waals surface area contributed by atoms with E-state index in [2.05, 4.69) is 18.0 Å². The molecule has 2 aromatic rings. The Bertz CT molecular complexity index is 443. The minimum Gasteiger partial charge on any atom is -0.152 e. The van der Waals surface area contributed by atoms with Gasteiger partial charge in [-0.1, -0.05) is 36.4 Å². The van der Waals surface area contributed by atoms with Crippen LogP contribution in [0.5, 0.6) is 0 Å². The predicted molar refractivity (Wildman–Crippen MR) is 64.9 cm³/mol. The van der Waals surface area contributed by atoms with Gasteiger partial charge in [0.2, 0.25) is 0 Å². The van der Waals surface area contributed by atoms with E-state index in [1.807, 2.05) is 29.7 Å². The van der Waals surface area contributed by atoms with Gasteiger partial charge in [0, 0.05) is 10.6 Å². The van der Waals surface area contributed by atoms with E-state index in [-0.39, 0.29) is 0 Å². The van der Waals surface area contributed by atoms with Crippen molar-refractivity contribution in [1.29, 1.82) is 0 Å². The fraction of sp³-hybridized carbons (Fsp3) is 0. The highest BCUT2D eigenvalue weighted by molar-refractivity contribution is 7.08. The molecule has 70 valence electrons. The van der Waals surface area contributed by atoms with E-state index >= 15 is 0 Å². The molecule has 0 spiro atoms. The quantitative estimate of drug-likeness (QED) is 0.688. The first-order valence-corrected chi connectivity index (χ1v) is 5.58. The van der Waals surface area contributed by atoms with Gasteiger partial charge in [-0.25, -0.2) is 0 Å². The molecule has 1 heterocycles. The third-order valence-corrected chi connectivity index (χ3v) is 3.07. The maximum absolute atomic E-state index is 6.16. The van der Waals surface area contributed by atoms with Gasteiger partial charge in [-0.2, -0.15) is 11.3 Å². The van der Waals surface area contributed by atoms with Gasteiger partial charge in [0.25, 0.3) is 0 Å². The average molecular weight is 221 g/mol. The van der Waals surface area contributed by atoms with E-state index < -0.39 is 0 Å². The molecule has 0 aliphatic heterocycles.